The molecular weight excluding hydrogens is 488 g/mol. The van der Waals surface area contributed by atoms with Crippen LogP contribution in [0.25, 0.3) is 0 Å². The molecule has 202 valence electrons. The Balaban J connectivity index is 1.68. The van der Waals surface area contributed by atoms with E-state index in [0.29, 0.717) is 12.1 Å². The lowest BCUT2D eigenvalue weighted by atomic mass is 9.97. The molecule has 1 aliphatic heterocycles. The predicted octanol–water partition coefficient (Wildman–Crippen LogP) is 3.24. The van der Waals surface area contributed by atoms with E-state index in [1.165, 1.54) is 10.4 Å². The Morgan fingerprint density at radius 3 is 1.97 bits per heavy atom. The molecule has 0 spiro atoms. The molecule has 0 bridgehead atoms. The number of nitrogen functional groups attached to an aromatic ring is 1. The summed E-state index contributed by atoms with van der Waals surface area (Å²) in [6.07, 6.45) is 0.486. The van der Waals surface area contributed by atoms with Gasteiger partial charge in [0.15, 0.2) is 0 Å². The molecule has 3 aromatic carbocycles. The average molecular weight is 531 g/mol. The van der Waals surface area contributed by atoms with Crippen LogP contribution in [0, 0.1) is 5.92 Å². The molecule has 1 heterocycles. The van der Waals surface area contributed by atoms with Gasteiger partial charge in [-0.2, -0.15) is 0 Å². The molecule has 1 atom stereocenters. The number of nitrogens with zero attached hydrogens (tertiary/aromatic N) is 2. The van der Waals surface area contributed by atoms with Gasteiger partial charge in [0.25, 0.3) is 8.32 Å². The zero-order valence-electron chi connectivity index (χ0n) is 23.2. The van der Waals surface area contributed by atoms with Gasteiger partial charge in [-0.15, -0.1) is 0 Å². The highest BCUT2D eigenvalue weighted by atomic mass is 28.4. The van der Waals surface area contributed by atoms with Crippen LogP contribution < -0.4 is 26.7 Å². The maximum absolute atomic E-state index is 12.9. The Hall–Kier alpha value is -3.13. The van der Waals surface area contributed by atoms with Crippen LogP contribution in [0.4, 0.5) is 11.4 Å². The molecule has 7 heteroatoms. The predicted molar refractivity (Wildman–Crippen MR) is 161 cm³/mol. The van der Waals surface area contributed by atoms with Crippen LogP contribution in [0.5, 0.6) is 0 Å². The number of likely N-dealkylation sites (N-methyl/N-ethyl adjacent to an activating group) is 1. The van der Waals surface area contributed by atoms with E-state index in [1.54, 1.807) is 0 Å². The second-order valence-electron chi connectivity index (χ2n) is 11.5. The standard InChI is InChI=1S/C31H42N4O2Si/c1-31(2,3)38(27-11-7-5-8-12-27,28-13-9-6-10-14-28)37-23-25(30(33)36)21-24-22-26(32)15-16-29(24)35-19-17-34(4)18-20-35/h5-16,22,25H,17-21,23,32H2,1-4H3,(H2,33,36). The van der Waals surface area contributed by atoms with E-state index in [0.717, 1.165) is 37.4 Å². The van der Waals surface area contributed by atoms with Crippen LogP contribution in [0.2, 0.25) is 5.04 Å². The summed E-state index contributed by atoms with van der Waals surface area (Å²) in [7, 11) is -0.643. The number of hydrogen-bond donors (Lipinski definition) is 2. The van der Waals surface area contributed by atoms with Crippen LogP contribution in [0.15, 0.2) is 78.9 Å². The first-order chi connectivity index (χ1) is 18.1. The lowest BCUT2D eigenvalue weighted by Gasteiger charge is -2.43. The van der Waals surface area contributed by atoms with Gasteiger partial charge in [0.05, 0.1) is 5.92 Å². The van der Waals surface area contributed by atoms with E-state index >= 15 is 0 Å². The summed E-state index contributed by atoms with van der Waals surface area (Å²) in [5.41, 5.74) is 15.1. The number of primary amides is 1. The van der Waals surface area contributed by atoms with Crippen LogP contribution in [-0.4, -0.2) is 59.0 Å². The fourth-order valence-corrected chi connectivity index (χ4v) is 10.2. The summed E-state index contributed by atoms with van der Waals surface area (Å²) in [5, 5.41) is 2.19. The van der Waals surface area contributed by atoms with Crippen molar-refractivity contribution < 1.29 is 9.22 Å². The Morgan fingerprint density at radius 2 is 1.47 bits per heavy atom. The summed E-state index contributed by atoms with van der Waals surface area (Å²) in [4.78, 5) is 17.6. The van der Waals surface area contributed by atoms with Crippen molar-refractivity contribution in [2.75, 3.05) is 50.5 Å². The number of piperazine rings is 1. The van der Waals surface area contributed by atoms with E-state index in [4.69, 9.17) is 15.9 Å². The van der Waals surface area contributed by atoms with Gasteiger partial charge < -0.3 is 25.7 Å². The van der Waals surface area contributed by atoms with Crippen molar-refractivity contribution in [3.8, 4) is 0 Å². The third-order valence-corrected chi connectivity index (χ3v) is 12.7. The molecule has 0 saturated carbocycles. The van der Waals surface area contributed by atoms with Crippen LogP contribution >= 0.6 is 0 Å². The maximum atomic E-state index is 12.9. The smallest absolute Gasteiger partial charge is 0.261 e. The molecule has 1 amide bonds. The van der Waals surface area contributed by atoms with Crippen molar-refractivity contribution in [2.45, 2.75) is 32.2 Å². The third-order valence-electron chi connectivity index (χ3n) is 7.73. The highest BCUT2D eigenvalue weighted by molar-refractivity contribution is 6.99. The summed E-state index contributed by atoms with van der Waals surface area (Å²) >= 11 is 0. The Labute approximate surface area is 228 Å². The minimum atomic E-state index is -2.79. The molecule has 1 aliphatic rings. The number of carbonyl (C=O) groups excluding carboxylic acids is 1. The van der Waals surface area contributed by atoms with Gasteiger partial charge in [0.1, 0.15) is 0 Å². The molecule has 3 aromatic rings. The number of anilines is 2. The highest BCUT2D eigenvalue weighted by Crippen LogP contribution is 2.37. The summed E-state index contributed by atoms with van der Waals surface area (Å²) < 4.78 is 7.08. The summed E-state index contributed by atoms with van der Waals surface area (Å²) in [5.74, 6) is -0.834. The Bertz CT molecular complexity index is 1170. The molecule has 0 aromatic heterocycles. The second-order valence-corrected chi connectivity index (χ2v) is 15.8. The Morgan fingerprint density at radius 1 is 0.921 bits per heavy atom. The molecule has 38 heavy (non-hydrogen) atoms. The zero-order chi connectivity index (χ0) is 27.3. The average Bonchev–Trinajstić information content (AvgIpc) is 2.89. The van der Waals surface area contributed by atoms with Crippen molar-refractivity contribution in [3.05, 3.63) is 84.4 Å². The molecular formula is C31H42N4O2Si. The first-order valence-electron chi connectivity index (χ1n) is 13.5. The molecule has 0 radical (unpaired) electrons. The fourth-order valence-electron chi connectivity index (χ4n) is 5.62. The van der Waals surface area contributed by atoms with E-state index < -0.39 is 14.2 Å². The van der Waals surface area contributed by atoms with Gasteiger partial charge in [-0.3, -0.25) is 4.79 Å². The molecule has 6 nitrogen and oxygen atoms in total. The van der Waals surface area contributed by atoms with E-state index in [1.807, 2.05) is 24.3 Å². The van der Waals surface area contributed by atoms with Gasteiger partial charge in [-0.25, -0.2) is 0 Å². The van der Waals surface area contributed by atoms with Gasteiger partial charge in [0, 0.05) is 44.2 Å². The molecule has 1 fully saturated rings. The minimum Gasteiger partial charge on any atom is -0.407 e. The number of benzene rings is 3. The lowest BCUT2D eigenvalue weighted by Crippen LogP contribution is -2.67. The van der Waals surface area contributed by atoms with Crippen LogP contribution in [0.1, 0.15) is 26.3 Å². The van der Waals surface area contributed by atoms with Crippen molar-refractivity contribution in [1.29, 1.82) is 0 Å². The van der Waals surface area contributed by atoms with Crippen molar-refractivity contribution in [3.63, 3.8) is 0 Å². The van der Waals surface area contributed by atoms with Crippen molar-refractivity contribution in [2.24, 2.45) is 11.7 Å². The van der Waals surface area contributed by atoms with Gasteiger partial charge in [-0.1, -0.05) is 81.4 Å². The normalized spacial score (nSPS) is 15.8. The number of carbonyl (C=O) groups is 1. The Kier molecular flexibility index (Phi) is 8.60. The first-order valence-corrected chi connectivity index (χ1v) is 15.4. The molecule has 1 saturated heterocycles. The van der Waals surface area contributed by atoms with Crippen LogP contribution in [0.3, 0.4) is 0 Å². The number of nitrogens with two attached hydrogens (primary N) is 2. The van der Waals surface area contributed by atoms with Crippen molar-refractivity contribution >= 4 is 36.0 Å². The van der Waals surface area contributed by atoms with Gasteiger partial charge >= 0.3 is 0 Å². The number of rotatable bonds is 9. The second kappa shape index (κ2) is 11.7. The van der Waals surface area contributed by atoms with E-state index in [2.05, 4.69) is 92.2 Å². The first kappa shape index (κ1) is 27.9. The van der Waals surface area contributed by atoms with E-state index in [9.17, 15) is 4.79 Å². The SMILES string of the molecule is CN1CCN(c2ccc(N)cc2CC(CO[Si](c2ccccc2)(c2ccccc2)C(C)(C)C)C(N)=O)CC1. The molecule has 1 unspecified atom stereocenters. The minimum absolute atomic E-state index is 0.180. The monoisotopic (exact) mass is 530 g/mol. The topological polar surface area (TPSA) is 84.8 Å². The molecule has 4 rings (SSSR count). The summed E-state index contributed by atoms with van der Waals surface area (Å²) in [6, 6.07) is 27.0. The molecule has 0 aliphatic carbocycles. The van der Waals surface area contributed by atoms with Crippen LogP contribution in [-0.2, 0) is 15.6 Å². The number of hydrogen-bond acceptors (Lipinski definition) is 5. The van der Waals surface area contributed by atoms with Gasteiger partial charge in [-0.05, 0) is 52.6 Å². The largest absolute Gasteiger partial charge is 0.407 e. The van der Waals surface area contributed by atoms with E-state index in [-0.39, 0.29) is 17.6 Å². The maximum Gasteiger partial charge on any atom is 0.261 e. The quantitative estimate of drug-likeness (QED) is 0.328. The lowest BCUT2D eigenvalue weighted by molar-refractivity contribution is -0.122. The van der Waals surface area contributed by atoms with Gasteiger partial charge in [0.2, 0.25) is 5.91 Å². The summed E-state index contributed by atoms with van der Waals surface area (Å²) in [6.45, 7) is 10.8. The number of amides is 1. The third kappa shape index (κ3) is 5.95. The zero-order valence-corrected chi connectivity index (χ0v) is 24.2. The molecule has 4 N–H and O–H groups in total. The fraction of sp³-hybridized carbons (Fsp3) is 0.387. The van der Waals surface area contributed by atoms with Crippen molar-refractivity contribution in [1.82, 2.24) is 4.90 Å². The highest BCUT2D eigenvalue weighted by Gasteiger charge is 2.50.